The molecule has 1 fully saturated rings. The SMILES string of the molecule is C=C(c1ccccc1N)N1CCN(c2ccc(Cl)cc2Cl)C(c2ccc(Cl)cc2)C1. The van der Waals surface area contributed by atoms with Crippen LogP contribution in [0.2, 0.25) is 15.1 Å². The van der Waals surface area contributed by atoms with Crippen molar-refractivity contribution >= 4 is 51.9 Å². The zero-order valence-electron chi connectivity index (χ0n) is 16.4. The van der Waals surface area contributed by atoms with Gasteiger partial charge in [-0.2, -0.15) is 0 Å². The summed E-state index contributed by atoms with van der Waals surface area (Å²) in [4.78, 5) is 4.60. The molecule has 1 atom stereocenters. The molecule has 0 spiro atoms. The number of halogens is 3. The fraction of sp³-hybridized carbons (Fsp3) is 0.167. The van der Waals surface area contributed by atoms with Crippen LogP contribution >= 0.6 is 34.8 Å². The molecule has 0 bridgehead atoms. The highest BCUT2D eigenvalue weighted by Crippen LogP contribution is 2.38. The number of nitrogens with two attached hydrogens (primary N) is 1. The minimum atomic E-state index is 0.0661. The largest absolute Gasteiger partial charge is 0.398 e. The maximum atomic E-state index is 6.56. The molecule has 4 rings (SSSR count). The molecule has 1 aliphatic heterocycles. The number of hydrogen-bond donors (Lipinski definition) is 1. The summed E-state index contributed by atoms with van der Waals surface area (Å²) in [5, 5.41) is 1.98. The Balaban J connectivity index is 1.69. The molecular weight excluding hydrogens is 437 g/mol. The lowest BCUT2D eigenvalue weighted by Gasteiger charge is -2.45. The van der Waals surface area contributed by atoms with Gasteiger partial charge in [0.2, 0.25) is 0 Å². The van der Waals surface area contributed by atoms with Gasteiger partial charge < -0.3 is 15.5 Å². The zero-order valence-corrected chi connectivity index (χ0v) is 18.6. The van der Waals surface area contributed by atoms with Crippen molar-refractivity contribution in [2.24, 2.45) is 0 Å². The van der Waals surface area contributed by atoms with Crippen LogP contribution in [-0.2, 0) is 0 Å². The van der Waals surface area contributed by atoms with Crippen molar-refractivity contribution in [2.75, 3.05) is 30.3 Å². The third-order valence-electron chi connectivity index (χ3n) is 5.51. The Morgan fingerprint density at radius 1 is 0.900 bits per heavy atom. The standard InChI is InChI=1S/C24H22Cl3N3/c1-16(20-4-2-3-5-22(20)28)29-12-13-30(23-11-10-19(26)14-21(23)27)24(15-29)17-6-8-18(25)9-7-17/h2-11,14,24H,1,12-13,15,28H2. The molecule has 1 saturated heterocycles. The number of para-hydroxylation sites is 1. The molecule has 0 radical (unpaired) electrons. The molecule has 2 N–H and O–H groups in total. The molecule has 0 saturated carbocycles. The van der Waals surface area contributed by atoms with Crippen LogP contribution < -0.4 is 10.6 Å². The van der Waals surface area contributed by atoms with Crippen LogP contribution in [0.15, 0.2) is 73.3 Å². The van der Waals surface area contributed by atoms with Crippen molar-refractivity contribution in [3.05, 3.63) is 99.5 Å². The highest BCUT2D eigenvalue weighted by Gasteiger charge is 2.30. The van der Waals surface area contributed by atoms with Crippen molar-refractivity contribution in [1.29, 1.82) is 0 Å². The van der Waals surface area contributed by atoms with Gasteiger partial charge >= 0.3 is 0 Å². The first-order valence-corrected chi connectivity index (χ1v) is 10.8. The third kappa shape index (κ3) is 4.24. The predicted octanol–water partition coefficient (Wildman–Crippen LogP) is 6.76. The van der Waals surface area contributed by atoms with E-state index in [4.69, 9.17) is 40.5 Å². The first-order chi connectivity index (χ1) is 14.4. The summed E-state index contributed by atoms with van der Waals surface area (Å²) >= 11 is 18.8. The molecule has 1 aliphatic rings. The van der Waals surface area contributed by atoms with Crippen molar-refractivity contribution in [1.82, 2.24) is 4.90 Å². The second-order valence-corrected chi connectivity index (χ2v) is 8.62. The topological polar surface area (TPSA) is 32.5 Å². The Kier molecular flexibility index (Phi) is 6.14. The van der Waals surface area contributed by atoms with Crippen LogP contribution in [0.1, 0.15) is 17.2 Å². The lowest BCUT2D eigenvalue weighted by molar-refractivity contribution is 0.316. The quantitative estimate of drug-likeness (QED) is 0.438. The highest BCUT2D eigenvalue weighted by atomic mass is 35.5. The van der Waals surface area contributed by atoms with E-state index in [1.165, 1.54) is 0 Å². The minimum absolute atomic E-state index is 0.0661. The monoisotopic (exact) mass is 457 g/mol. The molecule has 1 heterocycles. The van der Waals surface area contributed by atoms with Crippen molar-refractivity contribution in [3.8, 4) is 0 Å². The van der Waals surface area contributed by atoms with Crippen LogP contribution in [-0.4, -0.2) is 24.5 Å². The van der Waals surface area contributed by atoms with Gasteiger partial charge in [-0.25, -0.2) is 0 Å². The van der Waals surface area contributed by atoms with Crippen LogP contribution in [0.5, 0.6) is 0 Å². The fourth-order valence-corrected chi connectivity index (χ4v) is 4.57. The summed E-state index contributed by atoms with van der Waals surface area (Å²) in [5.74, 6) is 0. The van der Waals surface area contributed by atoms with Crippen molar-refractivity contribution in [3.63, 3.8) is 0 Å². The zero-order chi connectivity index (χ0) is 21.3. The van der Waals surface area contributed by atoms with E-state index < -0.39 is 0 Å². The second-order valence-electron chi connectivity index (χ2n) is 7.34. The Hall–Kier alpha value is -2.33. The lowest BCUT2D eigenvalue weighted by Crippen LogP contribution is -2.47. The Labute approximate surface area is 192 Å². The Morgan fingerprint density at radius 3 is 2.30 bits per heavy atom. The predicted molar refractivity (Wildman–Crippen MR) is 129 cm³/mol. The van der Waals surface area contributed by atoms with Gasteiger partial charge in [-0.3, -0.25) is 0 Å². The van der Waals surface area contributed by atoms with E-state index in [1.54, 1.807) is 6.07 Å². The molecule has 0 aromatic heterocycles. The van der Waals surface area contributed by atoms with E-state index in [0.717, 1.165) is 47.8 Å². The van der Waals surface area contributed by atoms with E-state index in [1.807, 2.05) is 48.5 Å². The number of benzene rings is 3. The molecule has 30 heavy (non-hydrogen) atoms. The highest BCUT2D eigenvalue weighted by molar-refractivity contribution is 6.36. The molecule has 1 unspecified atom stereocenters. The minimum Gasteiger partial charge on any atom is -0.398 e. The lowest BCUT2D eigenvalue weighted by atomic mass is 9.99. The summed E-state index contributed by atoms with van der Waals surface area (Å²) in [6, 6.07) is 21.5. The van der Waals surface area contributed by atoms with Gasteiger partial charge in [-0.1, -0.05) is 71.7 Å². The normalized spacial score (nSPS) is 16.6. The number of nitrogens with zero attached hydrogens (tertiary/aromatic N) is 2. The summed E-state index contributed by atoms with van der Waals surface area (Å²) in [6.07, 6.45) is 0. The number of anilines is 2. The average Bonchev–Trinajstić information content (AvgIpc) is 2.74. The molecule has 0 aliphatic carbocycles. The number of rotatable bonds is 4. The molecule has 6 heteroatoms. The third-order valence-corrected chi connectivity index (χ3v) is 6.30. The van der Waals surface area contributed by atoms with Crippen molar-refractivity contribution in [2.45, 2.75) is 6.04 Å². The average molecular weight is 459 g/mol. The van der Waals surface area contributed by atoms with E-state index in [0.29, 0.717) is 15.1 Å². The summed E-state index contributed by atoms with van der Waals surface area (Å²) in [7, 11) is 0. The maximum Gasteiger partial charge on any atom is 0.0718 e. The first-order valence-electron chi connectivity index (χ1n) is 9.70. The summed E-state index contributed by atoms with van der Waals surface area (Å²) in [5.41, 5.74) is 10.9. The van der Waals surface area contributed by atoms with E-state index in [2.05, 4.69) is 28.5 Å². The Bertz CT molecular complexity index is 1070. The van der Waals surface area contributed by atoms with E-state index in [-0.39, 0.29) is 6.04 Å². The molecule has 3 aromatic carbocycles. The van der Waals surface area contributed by atoms with E-state index in [9.17, 15) is 0 Å². The van der Waals surface area contributed by atoms with Gasteiger partial charge in [0.1, 0.15) is 0 Å². The summed E-state index contributed by atoms with van der Waals surface area (Å²) in [6.45, 7) is 6.67. The van der Waals surface area contributed by atoms with Crippen LogP contribution in [0.25, 0.3) is 5.70 Å². The number of nitrogen functional groups attached to an aromatic ring is 1. The summed E-state index contributed by atoms with van der Waals surface area (Å²) < 4.78 is 0. The maximum absolute atomic E-state index is 6.56. The smallest absolute Gasteiger partial charge is 0.0718 e. The Morgan fingerprint density at radius 2 is 1.60 bits per heavy atom. The molecule has 0 amide bonds. The number of hydrogen-bond acceptors (Lipinski definition) is 3. The van der Waals surface area contributed by atoms with Crippen LogP contribution in [0.4, 0.5) is 11.4 Å². The second kappa shape index (κ2) is 8.81. The molecular formula is C24H22Cl3N3. The van der Waals surface area contributed by atoms with Gasteiger partial charge in [-0.05, 0) is 42.0 Å². The van der Waals surface area contributed by atoms with Crippen molar-refractivity contribution < 1.29 is 0 Å². The van der Waals surface area contributed by atoms with Gasteiger partial charge in [0.15, 0.2) is 0 Å². The van der Waals surface area contributed by atoms with Gasteiger partial charge in [0, 0.05) is 46.6 Å². The molecule has 3 nitrogen and oxygen atoms in total. The van der Waals surface area contributed by atoms with Crippen LogP contribution in [0, 0.1) is 0 Å². The van der Waals surface area contributed by atoms with Gasteiger partial charge in [-0.15, -0.1) is 0 Å². The fourth-order valence-electron chi connectivity index (χ4n) is 3.93. The first kappa shape index (κ1) is 20.9. The van der Waals surface area contributed by atoms with Crippen LogP contribution in [0.3, 0.4) is 0 Å². The van der Waals surface area contributed by atoms with Gasteiger partial charge in [0.05, 0.1) is 16.8 Å². The van der Waals surface area contributed by atoms with Gasteiger partial charge in [0.25, 0.3) is 0 Å². The molecule has 3 aromatic rings. The van der Waals surface area contributed by atoms with E-state index >= 15 is 0 Å². The molecule has 154 valence electrons. The number of piperazine rings is 1.